The lowest BCUT2D eigenvalue weighted by Gasteiger charge is -2.31. The first-order valence-electron chi connectivity index (χ1n) is 13.4. The van der Waals surface area contributed by atoms with Crippen LogP contribution >= 0.6 is 22.9 Å². The van der Waals surface area contributed by atoms with Gasteiger partial charge in [0, 0.05) is 48.0 Å². The third kappa shape index (κ3) is 4.62. The summed E-state index contributed by atoms with van der Waals surface area (Å²) in [5.74, 6) is 0.682. The standard InChI is InChI=1S/C27H27ClFN7O3S/c1-14-18-11-30-23-21-19(40-24(23)26(37)36(14)18)3-2-17-22(21)31-12-20(33-17)39-25-15(10-32-27(28)34-25)13-35-7-4-16(5-8-35)38-9-6-29/h2-3,10,12,14,16,18,30H,4-9,11,13H2,1H3/t14-,18?,36?/m1/s1. The second-order valence-corrected chi connectivity index (χ2v) is 11.7. The molecule has 3 aromatic heterocycles. The second-order valence-electron chi connectivity index (χ2n) is 10.3. The van der Waals surface area contributed by atoms with Crippen LogP contribution < -0.4 is 10.1 Å². The second kappa shape index (κ2) is 10.3. The van der Waals surface area contributed by atoms with E-state index in [1.54, 1.807) is 12.4 Å². The van der Waals surface area contributed by atoms with Gasteiger partial charge in [-0.15, -0.1) is 11.3 Å². The summed E-state index contributed by atoms with van der Waals surface area (Å²) >= 11 is 7.61. The Hall–Kier alpha value is -3.19. The van der Waals surface area contributed by atoms with E-state index in [0.29, 0.717) is 23.5 Å². The molecule has 6 heterocycles. The number of carbonyl (C=O) groups excluding carboxylic acids is 1. The van der Waals surface area contributed by atoms with Gasteiger partial charge in [-0.3, -0.25) is 9.69 Å². The van der Waals surface area contributed by atoms with Gasteiger partial charge in [0.1, 0.15) is 11.6 Å². The van der Waals surface area contributed by atoms with Gasteiger partial charge in [-0.25, -0.2) is 19.3 Å². The summed E-state index contributed by atoms with van der Waals surface area (Å²) in [4.78, 5) is 35.9. The number of nitrogens with zero attached hydrogens (tertiary/aromatic N) is 6. The third-order valence-corrected chi connectivity index (χ3v) is 9.20. The van der Waals surface area contributed by atoms with Crippen molar-refractivity contribution < 1.29 is 18.7 Å². The first-order chi connectivity index (χ1) is 19.5. The van der Waals surface area contributed by atoms with E-state index in [9.17, 15) is 9.18 Å². The zero-order valence-electron chi connectivity index (χ0n) is 21.8. The molecule has 0 radical (unpaired) electrons. The molecule has 0 spiro atoms. The molecule has 4 aromatic rings. The minimum atomic E-state index is -0.462. The fourth-order valence-electron chi connectivity index (χ4n) is 5.71. The van der Waals surface area contributed by atoms with Crippen LogP contribution in [0.1, 0.15) is 35.0 Å². The van der Waals surface area contributed by atoms with Crippen LogP contribution in [-0.4, -0.2) is 86.7 Å². The third-order valence-electron chi connectivity index (χ3n) is 7.88. The average Bonchev–Trinajstić information content (AvgIpc) is 3.50. The van der Waals surface area contributed by atoms with E-state index in [1.807, 2.05) is 17.0 Å². The Morgan fingerprint density at radius 1 is 1.20 bits per heavy atom. The minimum Gasteiger partial charge on any atom is -0.418 e. The molecule has 1 N–H and O–H groups in total. The zero-order chi connectivity index (χ0) is 27.4. The number of aromatic nitrogens is 4. The molecule has 7 rings (SSSR count). The Labute approximate surface area is 238 Å². The van der Waals surface area contributed by atoms with E-state index >= 15 is 0 Å². The Morgan fingerprint density at radius 2 is 2.05 bits per heavy atom. The van der Waals surface area contributed by atoms with Crippen molar-refractivity contribution >= 4 is 55.7 Å². The molecule has 208 valence electrons. The molecule has 1 unspecified atom stereocenters. The highest BCUT2D eigenvalue weighted by Gasteiger charge is 2.50. The van der Waals surface area contributed by atoms with Crippen LogP contribution in [0.3, 0.4) is 0 Å². The van der Waals surface area contributed by atoms with Crippen LogP contribution in [0.4, 0.5) is 10.1 Å². The van der Waals surface area contributed by atoms with E-state index < -0.39 is 6.67 Å². The lowest BCUT2D eigenvalue weighted by molar-refractivity contribution is 0.000481. The quantitative estimate of drug-likeness (QED) is 0.245. The van der Waals surface area contributed by atoms with E-state index in [0.717, 1.165) is 58.7 Å². The molecule has 13 heteroatoms. The van der Waals surface area contributed by atoms with Crippen molar-refractivity contribution in [2.45, 2.75) is 44.5 Å². The molecule has 2 fully saturated rings. The van der Waals surface area contributed by atoms with Crippen molar-refractivity contribution in [3.8, 4) is 11.8 Å². The zero-order valence-corrected chi connectivity index (χ0v) is 23.3. The first-order valence-corrected chi connectivity index (χ1v) is 14.6. The predicted molar refractivity (Wildman–Crippen MR) is 150 cm³/mol. The number of hydrogen-bond donors (Lipinski definition) is 1. The minimum absolute atomic E-state index is 0.0736. The fraction of sp³-hybridized carbons (Fsp3) is 0.444. The monoisotopic (exact) mass is 583 g/mol. The lowest BCUT2D eigenvalue weighted by atomic mass is 10.1. The molecule has 3 aliphatic rings. The van der Waals surface area contributed by atoms with E-state index in [4.69, 9.17) is 31.0 Å². The number of carbonyl (C=O) groups is 1. The predicted octanol–water partition coefficient (Wildman–Crippen LogP) is 4.67. The van der Waals surface area contributed by atoms with Crippen LogP contribution in [0.2, 0.25) is 5.28 Å². The number of nitrogens with one attached hydrogen (secondary N) is 1. The molecule has 0 aliphatic carbocycles. The van der Waals surface area contributed by atoms with Crippen LogP contribution in [0.5, 0.6) is 11.8 Å². The maximum Gasteiger partial charge on any atom is 0.266 e. The summed E-state index contributed by atoms with van der Waals surface area (Å²) in [6.45, 7) is 4.67. The molecule has 10 nitrogen and oxygen atoms in total. The van der Waals surface area contributed by atoms with Crippen LogP contribution in [0.15, 0.2) is 24.5 Å². The van der Waals surface area contributed by atoms with Gasteiger partial charge in [0.25, 0.3) is 5.91 Å². The highest BCUT2D eigenvalue weighted by Crippen LogP contribution is 2.45. The molecule has 0 bridgehead atoms. The van der Waals surface area contributed by atoms with E-state index in [-0.39, 0.29) is 41.9 Å². The van der Waals surface area contributed by atoms with E-state index in [1.165, 1.54) is 11.3 Å². The van der Waals surface area contributed by atoms with Gasteiger partial charge < -0.3 is 19.7 Å². The van der Waals surface area contributed by atoms with Gasteiger partial charge in [-0.1, -0.05) is 0 Å². The fourth-order valence-corrected chi connectivity index (χ4v) is 6.97. The van der Waals surface area contributed by atoms with Crippen molar-refractivity contribution in [1.29, 1.82) is 0 Å². The number of rotatable bonds is 7. The Balaban J connectivity index is 1.14. The number of hydrogen-bond acceptors (Lipinski definition) is 10. The number of halogens is 2. The number of likely N-dealkylation sites (tertiary alicyclic amines) is 1. The number of ether oxygens (including phenoxy) is 2. The highest BCUT2D eigenvalue weighted by molar-refractivity contribution is 7.21. The molecule has 0 saturated carbocycles. The number of thiophene rings is 1. The number of benzene rings is 1. The maximum atomic E-state index is 13.1. The highest BCUT2D eigenvalue weighted by atomic mass is 35.5. The largest absolute Gasteiger partial charge is 0.418 e. The molecule has 2 atom stereocenters. The van der Waals surface area contributed by atoms with Crippen LogP contribution in [0.25, 0.3) is 21.1 Å². The molecule has 1 aromatic carbocycles. The van der Waals surface area contributed by atoms with Crippen LogP contribution in [-0.2, 0) is 11.3 Å². The maximum absolute atomic E-state index is 13.1. The summed E-state index contributed by atoms with van der Waals surface area (Å²) in [7, 11) is 0. The van der Waals surface area contributed by atoms with Crippen molar-refractivity contribution in [2.75, 3.05) is 38.2 Å². The van der Waals surface area contributed by atoms with Crippen molar-refractivity contribution in [2.24, 2.45) is 0 Å². The van der Waals surface area contributed by atoms with Crippen molar-refractivity contribution in [3.63, 3.8) is 0 Å². The van der Waals surface area contributed by atoms with Crippen LogP contribution in [0, 0.1) is 0 Å². The molecular weight excluding hydrogens is 557 g/mol. The van der Waals surface area contributed by atoms with Gasteiger partial charge in [-0.05, 0) is 43.5 Å². The Kier molecular flexibility index (Phi) is 6.65. The molecule has 2 saturated heterocycles. The lowest BCUT2D eigenvalue weighted by Crippen LogP contribution is -2.37. The van der Waals surface area contributed by atoms with Gasteiger partial charge in [0.05, 0.1) is 47.7 Å². The average molecular weight is 584 g/mol. The summed E-state index contributed by atoms with van der Waals surface area (Å²) in [5, 5.41) is 4.48. The topological polar surface area (TPSA) is 105 Å². The number of amides is 1. The van der Waals surface area contributed by atoms with Gasteiger partial charge in [0.2, 0.25) is 17.0 Å². The SMILES string of the molecule is C[C@@H]1C2CNc3c(sc4ccc5nc(Oc6nc(Cl)ncc6CN6CCC(OCCF)CC6)cnc5c34)C(=O)N21. The normalized spacial score (nSPS) is 21.3. The van der Waals surface area contributed by atoms with Gasteiger partial charge >= 0.3 is 0 Å². The van der Waals surface area contributed by atoms with Crippen molar-refractivity contribution in [1.82, 2.24) is 29.7 Å². The molecule has 3 aliphatic heterocycles. The molecule has 40 heavy (non-hydrogen) atoms. The summed E-state index contributed by atoms with van der Waals surface area (Å²) < 4.78 is 25.1. The van der Waals surface area contributed by atoms with Crippen molar-refractivity contribution in [3.05, 3.63) is 40.3 Å². The van der Waals surface area contributed by atoms with Gasteiger partial charge in [0.15, 0.2) is 0 Å². The van der Waals surface area contributed by atoms with Gasteiger partial charge in [-0.2, -0.15) is 4.98 Å². The first kappa shape index (κ1) is 25.8. The number of piperidine rings is 1. The number of anilines is 1. The molecular formula is C27H27ClFN7O3S. The smallest absolute Gasteiger partial charge is 0.266 e. The summed E-state index contributed by atoms with van der Waals surface area (Å²) in [6.07, 6.45) is 4.99. The number of alkyl halides is 1. The molecule has 1 amide bonds. The summed E-state index contributed by atoms with van der Waals surface area (Å²) in [6, 6.07) is 4.37. The summed E-state index contributed by atoms with van der Waals surface area (Å²) in [5.41, 5.74) is 2.97. The number of fused-ring (bicyclic) bond motifs is 6. The Bertz CT molecular complexity index is 1610. The van der Waals surface area contributed by atoms with E-state index in [2.05, 4.69) is 27.1 Å². The Morgan fingerprint density at radius 3 is 2.88 bits per heavy atom.